The van der Waals surface area contributed by atoms with Gasteiger partial charge in [0.1, 0.15) is 17.1 Å². The predicted molar refractivity (Wildman–Crippen MR) is 106 cm³/mol. The van der Waals surface area contributed by atoms with E-state index in [2.05, 4.69) is 16.4 Å². The van der Waals surface area contributed by atoms with Gasteiger partial charge in [0, 0.05) is 24.0 Å². The molecule has 3 rings (SSSR count). The van der Waals surface area contributed by atoms with Crippen LogP contribution in [0.2, 0.25) is 5.02 Å². The zero-order valence-electron chi connectivity index (χ0n) is 14.7. The fourth-order valence-corrected chi connectivity index (χ4v) is 2.83. The highest BCUT2D eigenvalue weighted by Crippen LogP contribution is 2.24. The average Bonchev–Trinajstić information content (AvgIpc) is 2.67. The van der Waals surface area contributed by atoms with Crippen LogP contribution < -0.4 is 15.8 Å². The van der Waals surface area contributed by atoms with Gasteiger partial charge in [-0.15, -0.1) is 0 Å². The summed E-state index contributed by atoms with van der Waals surface area (Å²) in [5.41, 5.74) is 7.94. The van der Waals surface area contributed by atoms with E-state index in [1.807, 2.05) is 42.5 Å². The molecule has 6 heteroatoms. The average molecular weight is 382 g/mol. The Labute approximate surface area is 163 Å². The molecule has 3 N–H and O–H groups in total. The van der Waals surface area contributed by atoms with E-state index in [0.29, 0.717) is 11.5 Å². The van der Waals surface area contributed by atoms with Crippen molar-refractivity contribution in [2.45, 2.75) is 13.0 Å². The summed E-state index contributed by atoms with van der Waals surface area (Å²) in [6.07, 6.45) is 3.87. The zero-order chi connectivity index (χ0) is 19.1. The first-order chi connectivity index (χ1) is 13.1. The number of rotatable bonds is 8. The molecular weight excluding hydrogens is 362 g/mol. The number of carbonyl (C=O) groups excluding carboxylic acids is 1. The number of hydrogen-bond donors (Lipinski definition) is 2. The Morgan fingerprint density at radius 3 is 2.67 bits per heavy atom. The molecule has 0 aliphatic heterocycles. The third-order valence-corrected chi connectivity index (χ3v) is 4.24. The van der Waals surface area contributed by atoms with Crippen molar-refractivity contribution < 1.29 is 9.53 Å². The van der Waals surface area contributed by atoms with Crippen LogP contribution in [0.1, 0.15) is 21.5 Å². The third-order valence-electron chi connectivity index (χ3n) is 4.01. The molecule has 0 aliphatic carbocycles. The Bertz CT molecular complexity index is 913. The molecule has 0 spiro atoms. The summed E-state index contributed by atoms with van der Waals surface area (Å²) >= 11 is 5.99. The summed E-state index contributed by atoms with van der Waals surface area (Å²) in [7, 11) is 0. The van der Waals surface area contributed by atoms with E-state index >= 15 is 0 Å². The molecule has 5 nitrogen and oxygen atoms in total. The van der Waals surface area contributed by atoms with Gasteiger partial charge < -0.3 is 15.8 Å². The zero-order valence-corrected chi connectivity index (χ0v) is 15.4. The number of amides is 1. The van der Waals surface area contributed by atoms with E-state index in [0.717, 1.165) is 30.1 Å². The largest absolute Gasteiger partial charge is 0.456 e. The Kier molecular flexibility index (Phi) is 6.41. The number of benzene rings is 2. The SMILES string of the molecule is NC(=O)c1cnccc1Oc1ccc(CNCCc2cccc(Cl)c2)cc1. The Morgan fingerprint density at radius 2 is 1.93 bits per heavy atom. The lowest BCUT2D eigenvalue weighted by atomic mass is 10.1. The predicted octanol–water partition coefficient (Wildman–Crippen LogP) is 3.96. The molecule has 2 aromatic carbocycles. The summed E-state index contributed by atoms with van der Waals surface area (Å²) < 4.78 is 5.75. The highest BCUT2D eigenvalue weighted by molar-refractivity contribution is 6.30. The minimum absolute atomic E-state index is 0.254. The van der Waals surface area contributed by atoms with Gasteiger partial charge in [0.15, 0.2) is 0 Å². The number of carbonyl (C=O) groups is 1. The molecule has 0 unspecified atom stereocenters. The number of hydrogen-bond acceptors (Lipinski definition) is 4. The molecule has 0 saturated heterocycles. The van der Waals surface area contributed by atoms with Crippen LogP contribution in [0.15, 0.2) is 67.0 Å². The van der Waals surface area contributed by atoms with Gasteiger partial charge in [-0.2, -0.15) is 0 Å². The summed E-state index contributed by atoms with van der Waals surface area (Å²) in [6.45, 7) is 1.61. The maximum atomic E-state index is 11.4. The molecule has 0 saturated carbocycles. The topological polar surface area (TPSA) is 77.2 Å². The monoisotopic (exact) mass is 381 g/mol. The van der Waals surface area contributed by atoms with Crippen LogP contribution in [-0.2, 0) is 13.0 Å². The van der Waals surface area contributed by atoms with Crippen LogP contribution in [0.3, 0.4) is 0 Å². The third kappa shape index (κ3) is 5.54. The van der Waals surface area contributed by atoms with E-state index in [-0.39, 0.29) is 5.56 Å². The maximum Gasteiger partial charge on any atom is 0.254 e. The van der Waals surface area contributed by atoms with Gasteiger partial charge in [0.2, 0.25) is 0 Å². The smallest absolute Gasteiger partial charge is 0.254 e. The van der Waals surface area contributed by atoms with E-state index in [1.165, 1.54) is 11.8 Å². The van der Waals surface area contributed by atoms with Gasteiger partial charge in [-0.05, 0) is 54.4 Å². The Balaban J connectivity index is 1.51. The molecular formula is C21H20ClN3O2. The van der Waals surface area contributed by atoms with Crippen molar-refractivity contribution in [1.82, 2.24) is 10.3 Å². The van der Waals surface area contributed by atoms with Gasteiger partial charge in [0.05, 0.1) is 0 Å². The summed E-state index contributed by atoms with van der Waals surface area (Å²) in [5.74, 6) is 0.454. The molecule has 0 bridgehead atoms. The summed E-state index contributed by atoms with van der Waals surface area (Å²) in [6, 6.07) is 17.2. The first-order valence-corrected chi connectivity index (χ1v) is 8.95. The van der Waals surface area contributed by atoms with Crippen molar-refractivity contribution >= 4 is 17.5 Å². The second-order valence-electron chi connectivity index (χ2n) is 6.04. The molecule has 1 amide bonds. The van der Waals surface area contributed by atoms with Gasteiger partial charge in [-0.1, -0.05) is 35.9 Å². The molecule has 0 atom stereocenters. The molecule has 0 aliphatic rings. The van der Waals surface area contributed by atoms with Crippen molar-refractivity contribution in [3.05, 3.63) is 88.7 Å². The van der Waals surface area contributed by atoms with Crippen molar-refractivity contribution in [2.75, 3.05) is 6.54 Å². The molecule has 1 aromatic heterocycles. The van der Waals surface area contributed by atoms with E-state index < -0.39 is 5.91 Å². The first kappa shape index (κ1) is 18.9. The number of nitrogens with zero attached hydrogens (tertiary/aromatic N) is 1. The van der Waals surface area contributed by atoms with Gasteiger partial charge in [-0.25, -0.2) is 0 Å². The first-order valence-electron chi connectivity index (χ1n) is 8.57. The van der Waals surface area contributed by atoms with Crippen LogP contribution in [0.25, 0.3) is 0 Å². The number of ether oxygens (including phenoxy) is 1. The minimum Gasteiger partial charge on any atom is -0.456 e. The Morgan fingerprint density at radius 1 is 1.11 bits per heavy atom. The van der Waals surface area contributed by atoms with Crippen LogP contribution in [0.4, 0.5) is 0 Å². The normalized spacial score (nSPS) is 10.6. The lowest BCUT2D eigenvalue weighted by molar-refractivity contribution is 0.0997. The van der Waals surface area contributed by atoms with Gasteiger partial charge in [-0.3, -0.25) is 9.78 Å². The highest BCUT2D eigenvalue weighted by Gasteiger charge is 2.10. The lowest BCUT2D eigenvalue weighted by Crippen LogP contribution is -2.16. The van der Waals surface area contributed by atoms with Gasteiger partial charge in [0.25, 0.3) is 5.91 Å². The van der Waals surface area contributed by atoms with E-state index in [9.17, 15) is 4.79 Å². The fraction of sp³-hybridized carbons (Fsp3) is 0.143. The standard InChI is InChI=1S/C21H20ClN3O2/c22-17-3-1-2-15(12-17)8-10-24-13-16-4-6-18(7-5-16)27-20-9-11-25-14-19(20)21(23)26/h1-7,9,11-12,14,24H,8,10,13H2,(H2,23,26). The summed E-state index contributed by atoms with van der Waals surface area (Å²) in [5, 5.41) is 4.17. The van der Waals surface area contributed by atoms with E-state index in [4.69, 9.17) is 22.1 Å². The Hall–Kier alpha value is -2.89. The number of nitrogens with one attached hydrogen (secondary N) is 1. The van der Waals surface area contributed by atoms with Crippen molar-refractivity contribution in [2.24, 2.45) is 5.73 Å². The highest BCUT2D eigenvalue weighted by atomic mass is 35.5. The number of primary amides is 1. The summed E-state index contributed by atoms with van der Waals surface area (Å²) in [4.78, 5) is 15.3. The molecule has 1 heterocycles. The number of pyridine rings is 1. The van der Waals surface area contributed by atoms with Crippen molar-refractivity contribution in [3.63, 3.8) is 0 Å². The van der Waals surface area contributed by atoms with Crippen molar-refractivity contribution in [1.29, 1.82) is 0 Å². The molecule has 0 radical (unpaired) electrons. The quantitative estimate of drug-likeness (QED) is 0.579. The molecule has 138 valence electrons. The van der Waals surface area contributed by atoms with Crippen LogP contribution in [0, 0.1) is 0 Å². The molecule has 3 aromatic rings. The van der Waals surface area contributed by atoms with Crippen LogP contribution in [0.5, 0.6) is 11.5 Å². The number of aromatic nitrogens is 1. The van der Waals surface area contributed by atoms with Crippen LogP contribution in [-0.4, -0.2) is 17.4 Å². The second kappa shape index (κ2) is 9.16. The fourth-order valence-electron chi connectivity index (χ4n) is 2.62. The van der Waals surface area contributed by atoms with Gasteiger partial charge >= 0.3 is 0 Å². The second-order valence-corrected chi connectivity index (χ2v) is 6.48. The number of nitrogens with two attached hydrogens (primary N) is 1. The molecule has 0 fully saturated rings. The molecule has 27 heavy (non-hydrogen) atoms. The minimum atomic E-state index is -0.571. The van der Waals surface area contributed by atoms with Crippen LogP contribution >= 0.6 is 11.6 Å². The van der Waals surface area contributed by atoms with Crippen molar-refractivity contribution in [3.8, 4) is 11.5 Å². The lowest BCUT2D eigenvalue weighted by Gasteiger charge is -2.10. The van der Waals surface area contributed by atoms with E-state index in [1.54, 1.807) is 12.3 Å². The number of halogens is 1. The maximum absolute atomic E-state index is 11.4.